The number of amides is 1. The van der Waals surface area contributed by atoms with Crippen LogP contribution < -0.4 is 5.73 Å². The highest BCUT2D eigenvalue weighted by Crippen LogP contribution is 2.21. The highest BCUT2D eigenvalue weighted by molar-refractivity contribution is 5.85. The van der Waals surface area contributed by atoms with Crippen LogP contribution in [0, 0.1) is 0 Å². The van der Waals surface area contributed by atoms with Gasteiger partial charge in [-0.25, -0.2) is 0 Å². The van der Waals surface area contributed by atoms with Gasteiger partial charge in [-0.2, -0.15) is 0 Å². The van der Waals surface area contributed by atoms with Gasteiger partial charge in [0, 0.05) is 44.7 Å². The highest BCUT2D eigenvalue weighted by atomic mass is 35.5. The van der Waals surface area contributed by atoms with Gasteiger partial charge in [-0.3, -0.25) is 9.69 Å². The Morgan fingerprint density at radius 1 is 1.19 bits per heavy atom. The summed E-state index contributed by atoms with van der Waals surface area (Å²) in [6.45, 7) is 6.68. The van der Waals surface area contributed by atoms with Crippen molar-refractivity contribution >= 4 is 30.7 Å². The molecule has 2 saturated heterocycles. The number of carbonyl (C=O) groups is 1. The molecule has 2 fully saturated rings. The third-order valence-electron chi connectivity index (χ3n) is 5.23. The molecule has 5 nitrogen and oxygen atoms in total. The van der Waals surface area contributed by atoms with Crippen molar-refractivity contribution in [1.29, 1.82) is 0 Å². The topological polar surface area (TPSA) is 58.8 Å². The van der Waals surface area contributed by atoms with E-state index in [0.717, 1.165) is 51.2 Å². The number of nitrogens with two attached hydrogens (primary N) is 1. The number of hydrogen-bond acceptors (Lipinski definition) is 4. The van der Waals surface area contributed by atoms with Crippen LogP contribution in [-0.2, 0) is 9.53 Å². The number of carbonyl (C=O) groups excluding carboxylic acids is 1. The number of likely N-dealkylation sites (tertiary alicyclic amines) is 1. The van der Waals surface area contributed by atoms with Crippen LogP contribution in [0.5, 0.6) is 0 Å². The third kappa shape index (κ3) is 6.10. The van der Waals surface area contributed by atoms with E-state index in [0.29, 0.717) is 18.6 Å². The van der Waals surface area contributed by atoms with Crippen molar-refractivity contribution in [3.05, 3.63) is 35.9 Å². The summed E-state index contributed by atoms with van der Waals surface area (Å²) < 4.78 is 5.62. The van der Waals surface area contributed by atoms with Crippen molar-refractivity contribution in [3.63, 3.8) is 0 Å². The summed E-state index contributed by atoms with van der Waals surface area (Å²) >= 11 is 0. The lowest BCUT2D eigenvalue weighted by Crippen LogP contribution is -2.51. The van der Waals surface area contributed by atoms with Crippen LogP contribution in [0.25, 0.3) is 0 Å². The largest absolute Gasteiger partial charge is 0.376 e. The van der Waals surface area contributed by atoms with Crippen molar-refractivity contribution in [3.8, 4) is 0 Å². The summed E-state index contributed by atoms with van der Waals surface area (Å²) in [5.74, 6) is 0.181. The van der Waals surface area contributed by atoms with E-state index in [4.69, 9.17) is 10.5 Å². The Balaban J connectivity index is 0.00000169. The Hall–Kier alpha value is -0.850. The molecule has 2 atom stereocenters. The van der Waals surface area contributed by atoms with E-state index in [2.05, 4.69) is 11.8 Å². The summed E-state index contributed by atoms with van der Waals surface area (Å²) in [5.41, 5.74) is 7.22. The van der Waals surface area contributed by atoms with Crippen LogP contribution in [0.1, 0.15) is 37.8 Å². The summed E-state index contributed by atoms with van der Waals surface area (Å²) in [6, 6.07) is 10.3. The number of halogens is 2. The number of morpholine rings is 1. The predicted molar refractivity (Wildman–Crippen MR) is 109 cm³/mol. The Morgan fingerprint density at radius 3 is 2.46 bits per heavy atom. The second-order valence-electron chi connectivity index (χ2n) is 7.01. The van der Waals surface area contributed by atoms with Crippen molar-refractivity contribution in [2.75, 3.05) is 32.8 Å². The normalized spacial score (nSPS) is 22.8. The quantitative estimate of drug-likeness (QED) is 0.838. The molecule has 0 radical (unpaired) electrons. The van der Waals surface area contributed by atoms with Gasteiger partial charge < -0.3 is 15.4 Å². The van der Waals surface area contributed by atoms with Crippen LogP contribution in [0.4, 0.5) is 0 Å². The number of hydrogen-bond donors (Lipinski definition) is 1. The monoisotopic (exact) mass is 403 g/mol. The lowest BCUT2D eigenvalue weighted by atomic mass is 10.00. The minimum Gasteiger partial charge on any atom is -0.376 e. The molecular weight excluding hydrogens is 373 g/mol. The molecule has 7 heteroatoms. The zero-order valence-electron chi connectivity index (χ0n) is 15.4. The fraction of sp³-hybridized carbons (Fsp3) is 0.632. The van der Waals surface area contributed by atoms with E-state index >= 15 is 0 Å². The zero-order chi connectivity index (χ0) is 16.9. The first-order chi connectivity index (χ1) is 11.6. The first kappa shape index (κ1) is 23.2. The standard InChI is InChI=1S/C19H29N3O2.2ClH/c1-15-14-22(11-12-24-15)17-7-9-21(10-8-17)19(23)13-18(20)16-5-3-2-4-6-16;;/h2-6,15,17-18H,7-14,20H2,1H3;2*1H. The highest BCUT2D eigenvalue weighted by Gasteiger charge is 2.29. The minimum absolute atomic E-state index is 0. The molecule has 26 heavy (non-hydrogen) atoms. The lowest BCUT2D eigenvalue weighted by molar-refractivity contribution is -0.133. The first-order valence-electron chi connectivity index (χ1n) is 9.07. The Kier molecular flexibility index (Phi) is 9.90. The van der Waals surface area contributed by atoms with Gasteiger partial charge in [-0.05, 0) is 25.3 Å². The predicted octanol–water partition coefficient (Wildman–Crippen LogP) is 2.63. The molecule has 2 N–H and O–H groups in total. The SMILES string of the molecule is CC1CN(C2CCN(C(=O)CC(N)c3ccccc3)CC2)CCO1.Cl.Cl. The summed E-state index contributed by atoms with van der Waals surface area (Å²) in [7, 11) is 0. The molecular formula is C19H31Cl2N3O2. The van der Waals surface area contributed by atoms with Crippen LogP contribution in [0.15, 0.2) is 30.3 Å². The van der Waals surface area contributed by atoms with Crippen LogP contribution in [0.3, 0.4) is 0 Å². The van der Waals surface area contributed by atoms with E-state index in [9.17, 15) is 4.79 Å². The Labute approximate surface area is 169 Å². The molecule has 0 aromatic heterocycles. The Bertz CT molecular complexity index is 539. The fourth-order valence-corrected chi connectivity index (χ4v) is 3.79. The summed E-state index contributed by atoms with van der Waals surface area (Å²) in [5, 5.41) is 0. The number of rotatable bonds is 4. The molecule has 0 spiro atoms. The number of piperidine rings is 1. The first-order valence-corrected chi connectivity index (χ1v) is 9.07. The van der Waals surface area contributed by atoms with Gasteiger partial charge in [-0.15, -0.1) is 24.8 Å². The van der Waals surface area contributed by atoms with E-state index < -0.39 is 0 Å². The van der Waals surface area contributed by atoms with Gasteiger partial charge in [0.2, 0.25) is 5.91 Å². The zero-order valence-corrected chi connectivity index (χ0v) is 17.0. The van der Waals surface area contributed by atoms with Crippen LogP contribution in [-0.4, -0.2) is 60.6 Å². The second-order valence-corrected chi connectivity index (χ2v) is 7.01. The van der Waals surface area contributed by atoms with E-state index in [1.54, 1.807) is 0 Å². The molecule has 0 saturated carbocycles. The summed E-state index contributed by atoms with van der Waals surface area (Å²) in [4.78, 5) is 17.1. The molecule has 148 valence electrons. The number of benzene rings is 1. The van der Waals surface area contributed by atoms with Crippen molar-refractivity contribution in [2.45, 2.75) is 44.4 Å². The number of nitrogens with zero attached hydrogens (tertiary/aromatic N) is 2. The molecule has 0 bridgehead atoms. The molecule has 2 aliphatic rings. The van der Waals surface area contributed by atoms with Crippen molar-refractivity contribution in [2.24, 2.45) is 5.73 Å². The average Bonchev–Trinajstić information content (AvgIpc) is 2.62. The van der Waals surface area contributed by atoms with E-state index in [-0.39, 0.29) is 36.8 Å². The minimum atomic E-state index is -0.212. The van der Waals surface area contributed by atoms with Gasteiger partial charge >= 0.3 is 0 Å². The third-order valence-corrected chi connectivity index (χ3v) is 5.23. The smallest absolute Gasteiger partial charge is 0.224 e. The average molecular weight is 404 g/mol. The van der Waals surface area contributed by atoms with Gasteiger partial charge in [0.05, 0.1) is 12.7 Å². The van der Waals surface area contributed by atoms with Crippen molar-refractivity contribution < 1.29 is 9.53 Å². The van der Waals surface area contributed by atoms with Crippen LogP contribution in [0.2, 0.25) is 0 Å². The second kappa shape index (κ2) is 11.1. The molecule has 0 aliphatic carbocycles. The number of ether oxygens (including phenoxy) is 1. The van der Waals surface area contributed by atoms with Gasteiger partial charge in [0.15, 0.2) is 0 Å². The molecule has 2 aliphatic heterocycles. The summed E-state index contributed by atoms with van der Waals surface area (Å²) in [6.07, 6.45) is 2.82. The maximum Gasteiger partial charge on any atom is 0.224 e. The molecule has 2 unspecified atom stereocenters. The molecule has 1 amide bonds. The fourth-order valence-electron chi connectivity index (χ4n) is 3.79. The lowest BCUT2D eigenvalue weighted by Gasteiger charge is -2.41. The Morgan fingerprint density at radius 2 is 1.85 bits per heavy atom. The maximum atomic E-state index is 12.5. The molecule has 1 aromatic rings. The van der Waals surface area contributed by atoms with Crippen LogP contribution >= 0.6 is 24.8 Å². The molecule has 1 aromatic carbocycles. The van der Waals surface area contributed by atoms with E-state index in [1.165, 1.54) is 0 Å². The van der Waals surface area contributed by atoms with Gasteiger partial charge in [-0.1, -0.05) is 30.3 Å². The maximum absolute atomic E-state index is 12.5. The van der Waals surface area contributed by atoms with Crippen molar-refractivity contribution in [1.82, 2.24) is 9.80 Å². The molecule has 3 rings (SSSR count). The van der Waals surface area contributed by atoms with Gasteiger partial charge in [0.25, 0.3) is 0 Å². The van der Waals surface area contributed by atoms with E-state index in [1.807, 2.05) is 35.2 Å². The van der Waals surface area contributed by atoms with Gasteiger partial charge in [0.1, 0.15) is 0 Å². The molecule has 2 heterocycles.